The first-order valence-electron chi connectivity index (χ1n) is 8.39. The van der Waals surface area contributed by atoms with Gasteiger partial charge in [-0.1, -0.05) is 19.9 Å². The summed E-state index contributed by atoms with van der Waals surface area (Å²) in [5.41, 5.74) is 1.86. The molecule has 0 saturated carbocycles. The van der Waals surface area contributed by atoms with Crippen molar-refractivity contribution in [2.24, 2.45) is 0 Å². The normalized spacial score (nSPS) is 11.6. The number of hydrogen-bond acceptors (Lipinski definition) is 3. The Morgan fingerprint density at radius 1 is 1.04 bits per heavy atom. The van der Waals surface area contributed by atoms with Crippen LogP contribution in [0.1, 0.15) is 35.3 Å². The fourth-order valence-electron chi connectivity index (χ4n) is 2.68. The average Bonchev–Trinajstić information content (AvgIpc) is 2.58. The smallest absolute Gasteiger partial charge is 0.255 e. The number of anilines is 1. The summed E-state index contributed by atoms with van der Waals surface area (Å²) >= 11 is 0. The third kappa shape index (κ3) is 4.11. The van der Waals surface area contributed by atoms with E-state index in [0.717, 1.165) is 0 Å². The van der Waals surface area contributed by atoms with Crippen molar-refractivity contribution < 1.29 is 17.6 Å². The predicted octanol–water partition coefficient (Wildman–Crippen LogP) is 3.73. The fraction of sp³-hybridized carbons (Fsp3) is 0.316. The van der Waals surface area contributed by atoms with Crippen molar-refractivity contribution in [3.63, 3.8) is 0 Å². The number of hydrogen-bond donors (Lipinski definition) is 1. The monoisotopic (exact) mass is 378 g/mol. The van der Waals surface area contributed by atoms with Gasteiger partial charge in [-0.3, -0.25) is 4.79 Å². The lowest BCUT2D eigenvalue weighted by Crippen LogP contribution is -2.31. The molecular weight excluding hydrogens is 355 g/mol. The van der Waals surface area contributed by atoms with Crippen molar-refractivity contribution in [3.8, 4) is 0 Å². The van der Waals surface area contributed by atoms with E-state index in [4.69, 9.17) is 0 Å². The predicted molar refractivity (Wildman–Crippen MR) is 100 cm³/mol. The number of amides is 1. The van der Waals surface area contributed by atoms with Crippen LogP contribution in [0.5, 0.6) is 0 Å². The minimum atomic E-state index is -3.67. The van der Waals surface area contributed by atoms with E-state index in [1.165, 1.54) is 28.6 Å². The van der Waals surface area contributed by atoms with Crippen LogP contribution in [0.2, 0.25) is 0 Å². The average molecular weight is 378 g/mol. The maximum Gasteiger partial charge on any atom is 0.255 e. The second-order valence-corrected chi connectivity index (χ2v) is 7.89. The highest BCUT2D eigenvalue weighted by Gasteiger charge is 2.24. The SMILES string of the molecule is CCN(CC)S(=O)(=O)c1cc(C(=O)Nc2ccc(F)cc2C)ccc1C. The lowest BCUT2D eigenvalue weighted by Gasteiger charge is -2.20. The van der Waals surface area contributed by atoms with E-state index in [-0.39, 0.29) is 16.3 Å². The number of sulfonamides is 1. The van der Waals surface area contributed by atoms with Gasteiger partial charge in [0.2, 0.25) is 10.0 Å². The van der Waals surface area contributed by atoms with E-state index in [2.05, 4.69) is 5.32 Å². The molecule has 0 saturated heterocycles. The maximum atomic E-state index is 13.2. The van der Waals surface area contributed by atoms with E-state index >= 15 is 0 Å². The van der Waals surface area contributed by atoms with Crippen LogP contribution >= 0.6 is 0 Å². The largest absolute Gasteiger partial charge is 0.322 e. The summed E-state index contributed by atoms with van der Waals surface area (Å²) in [6.07, 6.45) is 0. The molecular formula is C19H23FN2O3S. The first kappa shape index (κ1) is 20.1. The molecule has 0 aliphatic carbocycles. The molecule has 0 spiro atoms. The standard InChI is InChI=1S/C19H23FN2O3S/c1-5-22(6-2)26(24,25)18-12-15(8-7-13(18)3)19(23)21-17-10-9-16(20)11-14(17)4/h7-12H,5-6H2,1-4H3,(H,21,23). The molecule has 0 aliphatic rings. The molecule has 0 bridgehead atoms. The van der Waals surface area contributed by atoms with Gasteiger partial charge in [0.25, 0.3) is 5.91 Å². The van der Waals surface area contributed by atoms with Gasteiger partial charge in [-0.05, 0) is 55.3 Å². The van der Waals surface area contributed by atoms with E-state index in [0.29, 0.717) is 29.9 Å². The van der Waals surface area contributed by atoms with Crippen LogP contribution in [0.3, 0.4) is 0 Å². The van der Waals surface area contributed by atoms with Crippen molar-refractivity contribution in [3.05, 3.63) is 58.9 Å². The van der Waals surface area contributed by atoms with Crippen LogP contribution < -0.4 is 5.32 Å². The number of halogens is 1. The maximum absolute atomic E-state index is 13.2. The minimum absolute atomic E-state index is 0.115. The first-order chi connectivity index (χ1) is 12.2. The number of nitrogens with zero attached hydrogens (tertiary/aromatic N) is 1. The van der Waals surface area contributed by atoms with Crippen molar-refractivity contribution in [2.45, 2.75) is 32.6 Å². The second kappa shape index (κ2) is 7.97. The molecule has 140 valence electrons. The molecule has 7 heteroatoms. The van der Waals surface area contributed by atoms with Crippen LogP contribution in [0, 0.1) is 19.7 Å². The van der Waals surface area contributed by atoms with Gasteiger partial charge in [0.05, 0.1) is 4.90 Å². The lowest BCUT2D eigenvalue weighted by atomic mass is 10.1. The molecule has 2 rings (SSSR count). The summed E-state index contributed by atoms with van der Waals surface area (Å²) in [6, 6.07) is 8.63. The second-order valence-electron chi connectivity index (χ2n) is 5.98. The zero-order valence-corrected chi connectivity index (χ0v) is 16.2. The van der Waals surface area contributed by atoms with Gasteiger partial charge in [0.15, 0.2) is 0 Å². The molecule has 2 aromatic rings. The molecule has 26 heavy (non-hydrogen) atoms. The number of carbonyl (C=O) groups excluding carboxylic acids is 1. The van der Waals surface area contributed by atoms with E-state index in [1.807, 2.05) is 0 Å². The van der Waals surface area contributed by atoms with Crippen molar-refractivity contribution in [1.82, 2.24) is 4.31 Å². The summed E-state index contributed by atoms with van der Waals surface area (Å²) in [7, 11) is -3.67. The number of benzene rings is 2. The van der Waals surface area contributed by atoms with Gasteiger partial charge in [-0.2, -0.15) is 4.31 Å². The van der Waals surface area contributed by atoms with E-state index < -0.39 is 15.9 Å². The third-order valence-electron chi connectivity index (χ3n) is 4.21. The van der Waals surface area contributed by atoms with Gasteiger partial charge >= 0.3 is 0 Å². The van der Waals surface area contributed by atoms with Gasteiger partial charge in [0, 0.05) is 24.3 Å². The van der Waals surface area contributed by atoms with Crippen LogP contribution in [0.25, 0.3) is 0 Å². The quantitative estimate of drug-likeness (QED) is 0.833. The molecule has 0 aliphatic heterocycles. The number of rotatable bonds is 6. The van der Waals surface area contributed by atoms with Crippen molar-refractivity contribution >= 4 is 21.6 Å². The van der Waals surface area contributed by atoms with E-state index in [1.54, 1.807) is 39.8 Å². The molecule has 2 aromatic carbocycles. The number of carbonyl (C=O) groups is 1. The molecule has 1 N–H and O–H groups in total. The summed E-state index contributed by atoms with van der Waals surface area (Å²) in [4.78, 5) is 12.7. The number of nitrogens with one attached hydrogen (secondary N) is 1. The Kier molecular flexibility index (Phi) is 6.15. The van der Waals surface area contributed by atoms with Crippen LogP contribution in [0.4, 0.5) is 10.1 Å². The molecule has 1 amide bonds. The molecule has 5 nitrogen and oxygen atoms in total. The van der Waals surface area contributed by atoms with Crippen molar-refractivity contribution in [2.75, 3.05) is 18.4 Å². The van der Waals surface area contributed by atoms with Gasteiger partial charge < -0.3 is 5.32 Å². The lowest BCUT2D eigenvalue weighted by molar-refractivity contribution is 0.102. The Labute approximate surface area is 153 Å². The molecule has 0 radical (unpaired) electrons. The molecule has 0 atom stereocenters. The summed E-state index contributed by atoms with van der Waals surface area (Å²) in [6.45, 7) is 7.62. The molecule has 0 heterocycles. The fourth-order valence-corrected chi connectivity index (χ4v) is 4.39. The highest BCUT2D eigenvalue weighted by atomic mass is 32.2. The Morgan fingerprint density at radius 3 is 2.27 bits per heavy atom. The van der Waals surface area contributed by atoms with Crippen LogP contribution in [0.15, 0.2) is 41.3 Å². The van der Waals surface area contributed by atoms with E-state index in [9.17, 15) is 17.6 Å². The zero-order valence-electron chi connectivity index (χ0n) is 15.3. The van der Waals surface area contributed by atoms with Crippen LogP contribution in [-0.2, 0) is 10.0 Å². The highest BCUT2D eigenvalue weighted by Crippen LogP contribution is 2.23. The number of aryl methyl sites for hydroxylation is 2. The highest BCUT2D eigenvalue weighted by molar-refractivity contribution is 7.89. The van der Waals surface area contributed by atoms with Crippen LogP contribution in [-0.4, -0.2) is 31.7 Å². The molecule has 0 fully saturated rings. The Balaban J connectivity index is 2.38. The Morgan fingerprint density at radius 2 is 1.69 bits per heavy atom. The summed E-state index contributed by atoms with van der Waals surface area (Å²) < 4.78 is 40.1. The topological polar surface area (TPSA) is 66.5 Å². The van der Waals surface area contributed by atoms with Gasteiger partial charge in [-0.25, -0.2) is 12.8 Å². The van der Waals surface area contributed by atoms with Crippen molar-refractivity contribution in [1.29, 1.82) is 0 Å². The summed E-state index contributed by atoms with van der Waals surface area (Å²) in [5.74, 6) is -0.834. The molecule has 0 aromatic heterocycles. The Bertz CT molecular complexity index is 922. The van der Waals surface area contributed by atoms with Gasteiger partial charge in [0.1, 0.15) is 5.82 Å². The molecule has 0 unspecified atom stereocenters. The third-order valence-corrected chi connectivity index (χ3v) is 6.40. The first-order valence-corrected chi connectivity index (χ1v) is 9.83. The Hall–Kier alpha value is -2.25. The summed E-state index contributed by atoms with van der Waals surface area (Å²) in [5, 5.41) is 2.70. The minimum Gasteiger partial charge on any atom is -0.322 e. The zero-order chi connectivity index (χ0) is 19.5. The van der Waals surface area contributed by atoms with Gasteiger partial charge in [-0.15, -0.1) is 0 Å².